The van der Waals surface area contributed by atoms with Crippen molar-refractivity contribution >= 4 is 34.5 Å². The first kappa shape index (κ1) is 18.1. The summed E-state index contributed by atoms with van der Waals surface area (Å²) >= 11 is 0. The summed E-state index contributed by atoms with van der Waals surface area (Å²) in [6, 6.07) is 20.4. The molecule has 3 aromatic rings. The average molecular weight is 361 g/mol. The van der Waals surface area contributed by atoms with Crippen molar-refractivity contribution < 1.29 is 14.3 Å². The number of nitrogens with zero attached hydrogens (tertiary/aromatic N) is 1. The Morgan fingerprint density at radius 3 is 2.48 bits per heavy atom. The van der Waals surface area contributed by atoms with Crippen molar-refractivity contribution in [3.63, 3.8) is 0 Å². The number of rotatable bonds is 5. The van der Waals surface area contributed by atoms with Gasteiger partial charge in [-0.05, 0) is 42.0 Å². The Morgan fingerprint density at radius 1 is 0.963 bits per heavy atom. The Kier molecular flexibility index (Phi) is 5.79. The number of carbonyl (C=O) groups is 2. The number of nitrogens with one attached hydrogen (secondary N) is 2. The zero-order valence-electron chi connectivity index (χ0n) is 14.8. The van der Waals surface area contributed by atoms with Gasteiger partial charge in [0.25, 0.3) is 0 Å². The number of carbonyl (C=O) groups excluding carboxylic acids is 2. The monoisotopic (exact) mass is 361 g/mol. The van der Waals surface area contributed by atoms with E-state index in [1.165, 1.54) is 6.21 Å². The summed E-state index contributed by atoms with van der Waals surface area (Å²) in [6.07, 6.45) is 1.52. The molecule has 6 nitrogen and oxygen atoms in total. The molecular weight excluding hydrogens is 342 g/mol. The van der Waals surface area contributed by atoms with Crippen LogP contribution in [0.4, 0.5) is 5.69 Å². The number of fused-ring (bicyclic) bond motifs is 1. The summed E-state index contributed by atoms with van der Waals surface area (Å²) in [7, 11) is 0. The van der Waals surface area contributed by atoms with Gasteiger partial charge < -0.3 is 10.1 Å². The molecular formula is C21H19N3O3. The number of amides is 2. The zero-order chi connectivity index (χ0) is 19.1. The first-order chi connectivity index (χ1) is 13.2. The fourth-order valence-corrected chi connectivity index (χ4v) is 2.56. The lowest BCUT2D eigenvalue weighted by atomic mass is 10.1. The van der Waals surface area contributed by atoms with Gasteiger partial charge in [-0.2, -0.15) is 5.10 Å². The molecule has 2 amide bonds. The van der Waals surface area contributed by atoms with Crippen molar-refractivity contribution in [1.82, 2.24) is 5.43 Å². The fourth-order valence-electron chi connectivity index (χ4n) is 2.56. The van der Waals surface area contributed by atoms with Gasteiger partial charge in [0.1, 0.15) is 5.75 Å². The Hall–Kier alpha value is -3.67. The minimum absolute atomic E-state index is 0.497. The molecule has 0 aromatic heterocycles. The van der Waals surface area contributed by atoms with E-state index in [-0.39, 0.29) is 0 Å². The number of hydrogen-bond acceptors (Lipinski definition) is 4. The molecule has 136 valence electrons. The van der Waals surface area contributed by atoms with Crippen LogP contribution in [0.25, 0.3) is 10.8 Å². The van der Waals surface area contributed by atoms with Crippen molar-refractivity contribution in [2.75, 3.05) is 11.9 Å². The summed E-state index contributed by atoms with van der Waals surface area (Å²) in [5, 5.41) is 8.48. The summed E-state index contributed by atoms with van der Waals surface area (Å²) in [4.78, 5) is 23.9. The highest BCUT2D eigenvalue weighted by molar-refractivity contribution is 6.39. The van der Waals surface area contributed by atoms with E-state index in [0.717, 1.165) is 16.3 Å². The lowest BCUT2D eigenvalue weighted by Gasteiger charge is -2.06. The van der Waals surface area contributed by atoms with Crippen molar-refractivity contribution in [3.05, 3.63) is 72.3 Å². The lowest BCUT2D eigenvalue weighted by molar-refractivity contribution is -0.136. The highest BCUT2D eigenvalue weighted by Crippen LogP contribution is 2.17. The second-order valence-corrected chi connectivity index (χ2v) is 5.68. The molecule has 3 aromatic carbocycles. The largest absolute Gasteiger partial charge is 0.494 e. The fraction of sp³-hybridized carbons (Fsp3) is 0.0952. The second-order valence-electron chi connectivity index (χ2n) is 5.68. The molecule has 0 unspecified atom stereocenters. The Labute approximate surface area is 156 Å². The van der Waals surface area contributed by atoms with Crippen LogP contribution < -0.4 is 15.5 Å². The van der Waals surface area contributed by atoms with Crippen LogP contribution in [0.5, 0.6) is 5.75 Å². The van der Waals surface area contributed by atoms with Crippen LogP contribution in [0.15, 0.2) is 71.8 Å². The van der Waals surface area contributed by atoms with Gasteiger partial charge in [0, 0.05) is 11.3 Å². The van der Waals surface area contributed by atoms with Crippen LogP contribution in [0.3, 0.4) is 0 Å². The van der Waals surface area contributed by atoms with E-state index >= 15 is 0 Å². The van der Waals surface area contributed by atoms with E-state index in [2.05, 4.69) is 15.8 Å². The number of hydrogen-bond donors (Lipinski definition) is 2. The van der Waals surface area contributed by atoms with Gasteiger partial charge in [-0.3, -0.25) is 9.59 Å². The molecule has 0 bridgehead atoms. The maximum Gasteiger partial charge on any atom is 0.329 e. The molecule has 0 atom stereocenters. The number of ether oxygens (including phenoxy) is 1. The summed E-state index contributed by atoms with van der Waals surface area (Å²) in [5.41, 5.74) is 3.59. The van der Waals surface area contributed by atoms with E-state index in [1.54, 1.807) is 24.3 Å². The van der Waals surface area contributed by atoms with Crippen LogP contribution in [0.2, 0.25) is 0 Å². The molecule has 0 saturated heterocycles. The third kappa shape index (κ3) is 4.70. The van der Waals surface area contributed by atoms with E-state index in [4.69, 9.17) is 4.74 Å². The molecule has 2 N–H and O–H groups in total. The van der Waals surface area contributed by atoms with Gasteiger partial charge in [0.15, 0.2) is 0 Å². The Morgan fingerprint density at radius 2 is 1.70 bits per heavy atom. The Balaban J connectivity index is 1.59. The lowest BCUT2D eigenvalue weighted by Crippen LogP contribution is -2.32. The number of anilines is 1. The highest BCUT2D eigenvalue weighted by Gasteiger charge is 2.12. The standard InChI is InChI=1S/C21H19N3O3/c1-2-27-18-12-10-17(11-13-18)23-20(25)21(26)24-22-14-16-8-5-7-15-6-3-4-9-19(15)16/h3-14H,2H2,1H3,(H,23,25)(H,24,26). The van der Waals surface area contributed by atoms with E-state index < -0.39 is 11.8 Å². The second kappa shape index (κ2) is 8.62. The summed E-state index contributed by atoms with van der Waals surface area (Å²) in [5.74, 6) is -0.950. The van der Waals surface area contributed by atoms with Crippen molar-refractivity contribution in [2.24, 2.45) is 5.10 Å². The van der Waals surface area contributed by atoms with E-state index in [9.17, 15) is 9.59 Å². The molecule has 0 heterocycles. The molecule has 0 aliphatic rings. The highest BCUT2D eigenvalue weighted by atomic mass is 16.5. The molecule has 6 heteroatoms. The third-order valence-corrected chi connectivity index (χ3v) is 3.82. The van der Waals surface area contributed by atoms with Crippen molar-refractivity contribution in [2.45, 2.75) is 6.92 Å². The van der Waals surface area contributed by atoms with Gasteiger partial charge in [-0.15, -0.1) is 0 Å². The smallest absolute Gasteiger partial charge is 0.329 e. The maximum absolute atomic E-state index is 11.9. The quantitative estimate of drug-likeness (QED) is 0.416. The van der Waals surface area contributed by atoms with Crippen LogP contribution in [0, 0.1) is 0 Å². The first-order valence-electron chi connectivity index (χ1n) is 8.52. The Bertz CT molecular complexity index is 976. The predicted octanol–water partition coefficient (Wildman–Crippen LogP) is 3.33. The molecule has 0 aliphatic heterocycles. The van der Waals surface area contributed by atoms with Crippen molar-refractivity contribution in [1.29, 1.82) is 0 Å². The summed E-state index contributed by atoms with van der Waals surface area (Å²) < 4.78 is 5.33. The number of hydrazone groups is 1. The third-order valence-electron chi connectivity index (χ3n) is 3.82. The van der Waals surface area contributed by atoms with Gasteiger partial charge in [-0.25, -0.2) is 5.43 Å². The molecule has 27 heavy (non-hydrogen) atoms. The topological polar surface area (TPSA) is 79.8 Å². The molecule has 0 radical (unpaired) electrons. The van der Waals surface area contributed by atoms with Crippen molar-refractivity contribution in [3.8, 4) is 5.75 Å². The van der Waals surface area contributed by atoms with Crippen LogP contribution in [0.1, 0.15) is 12.5 Å². The predicted molar refractivity (Wildman–Crippen MR) is 106 cm³/mol. The van der Waals surface area contributed by atoms with Gasteiger partial charge >= 0.3 is 11.8 Å². The van der Waals surface area contributed by atoms with Crippen LogP contribution in [-0.4, -0.2) is 24.6 Å². The number of benzene rings is 3. The van der Waals surface area contributed by atoms with Gasteiger partial charge in [0.05, 0.1) is 12.8 Å². The molecule has 0 spiro atoms. The first-order valence-corrected chi connectivity index (χ1v) is 8.52. The molecule has 3 rings (SSSR count). The minimum Gasteiger partial charge on any atom is -0.494 e. The maximum atomic E-state index is 11.9. The molecule has 0 aliphatic carbocycles. The van der Waals surface area contributed by atoms with Gasteiger partial charge in [0.2, 0.25) is 0 Å². The molecule has 0 fully saturated rings. The van der Waals surface area contributed by atoms with Crippen LogP contribution in [-0.2, 0) is 9.59 Å². The molecule has 0 saturated carbocycles. The minimum atomic E-state index is -0.847. The van der Waals surface area contributed by atoms with E-state index in [1.807, 2.05) is 49.4 Å². The van der Waals surface area contributed by atoms with Crippen LogP contribution >= 0.6 is 0 Å². The van der Waals surface area contributed by atoms with E-state index in [0.29, 0.717) is 18.0 Å². The van der Waals surface area contributed by atoms with Gasteiger partial charge in [-0.1, -0.05) is 42.5 Å². The SMILES string of the molecule is CCOc1ccc(NC(=O)C(=O)NN=Cc2cccc3ccccc23)cc1. The summed E-state index contributed by atoms with van der Waals surface area (Å²) in [6.45, 7) is 2.45. The average Bonchev–Trinajstić information content (AvgIpc) is 2.69. The normalized spacial score (nSPS) is 10.7. The zero-order valence-corrected chi connectivity index (χ0v) is 14.8.